The second-order valence-corrected chi connectivity index (χ2v) is 9.07. The predicted octanol–water partition coefficient (Wildman–Crippen LogP) is 4.15. The van der Waals surface area contributed by atoms with Gasteiger partial charge in [-0.05, 0) is 29.7 Å². The summed E-state index contributed by atoms with van der Waals surface area (Å²) in [5.41, 5.74) is 5.09. The van der Waals surface area contributed by atoms with Crippen molar-refractivity contribution < 1.29 is 9.57 Å². The van der Waals surface area contributed by atoms with Gasteiger partial charge in [-0.15, -0.1) is 0 Å². The molecule has 0 bridgehead atoms. The standard InChI is InChI=1S/C25H28N4O3.C3H8/c1-2-3-4-5-19-15-32-27-24(19)29-12-10-28(11-13-29)9-8-18-6-7-23-20(14-18)21-16-31-17-22(21)25(30)26-23;1-3-2/h2-7,14H,1,8-13,15-17H2,(H,26,30);3H2,1-2H3/b4-3-,19-5+;. The molecule has 3 aliphatic rings. The fraction of sp³-hybridized carbons (Fsp3) is 0.429. The number of H-pyrrole nitrogens is 1. The third kappa shape index (κ3) is 5.92. The number of nitrogens with one attached hydrogen (secondary N) is 1. The van der Waals surface area contributed by atoms with Crippen molar-refractivity contribution in [1.29, 1.82) is 0 Å². The van der Waals surface area contributed by atoms with Crippen molar-refractivity contribution in [3.8, 4) is 0 Å². The number of pyridine rings is 1. The van der Waals surface area contributed by atoms with Crippen molar-refractivity contribution in [3.05, 3.63) is 81.7 Å². The summed E-state index contributed by atoms with van der Waals surface area (Å²) >= 11 is 0. The number of hydrogen-bond acceptors (Lipinski definition) is 6. The molecule has 1 saturated heterocycles. The number of fused-ring (bicyclic) bond motifs is 3. The lowest BCUT2D eigenvalue weighted by Gasteiger charge is -2.35. The van der Waals surface area contributed by atoms with E-state index in [9.17, 15) is 4.79 Å². The number of amidine groups is 1. The van der Waals surface area contributed by atoms with E-state index in [0.29, 0.717) is 19.8 Å². The Morgan fingerprint density at radius 1 is 1.09 bits per heavy atom. The van der Waals surface area contributed by atoms with Crippen LogP contribution in [0.4, 0.5) is 0 Å². The fourth-order valence-corrected chi connectivity index (χ4v) is 4.57. The summed E-state index contributed by atoms with van der Waals surface area (Å²) < 4.78 is 5.52. The SMILES string of the molecule is C=C/C=C\C=C1/CON=C1N1CCN(CCc2ccc3[nH]c(=O)c4c(c3c2)COC4)CC1.CCC. The minimum Gasteiger partial charge on any atom is -0.389 e. The summed E-state index contributed by atoms with van der Waals surface area (Å²) in [6, 6.07) is 6.36. The van der Waals surface area contributed by atoms with E-state index in [1.807, 2.05) is 18.2 Å². The minimum absolute atomic E-state index is 0.0254. The van der Waals surface area contributed by atoms with Crippen LogP contribution in [0.15, 0.2) is 64.6 Å². The summed E-state index contributed by atoms with van der Waals surface area (Å²) in [5, 5.41) is 5.38. The fourth-order valence-electron chi connectivity index (χ4n) is 4.57. The highest BCUT2D eigenvalue weighted by molar-refractivity contribution is 5.99. The number of piperazine rings is 1. The molecule has 0 radical (unpaired) electrons. The van der Waals surface area contributed by atoms with Crippen LogP contribution in [0.25, 0.3) is 10.9 Å². The lowest BCUT2D eigenvalue weighted by atomic mass is 10.0. The van der Waals surface area contributed by atoms with Gasteiger partial charge in [0.05, 0.1) is 13.2 Å². The molecule has 1 aromatic carbocycles. The summed E-state index contributed by atoms with van der Waals surface area (Å²) in [5.74, 6) is 0.956. The third-order valence-corrected chi connectivity index (χ3v) is 6.38. The number of aromatic nitrogens is 1. The zero-order chi connectivity index (χ0) is 24.6. The van der Waals surface area contributed by atoms with Crippen molar-refractivity contribution in [3.63, 3.8) is 0 Å². The summed E-state index contributed by atoms with van der Waals surface area (Å²) in [7, 11) is 0. The van der Waals surface area contributed by atoms with Crippen molar-refractivity contribution in [2.75, 3.05) is 39.3 Å². The third-order valence-electron chi connectivity index (χ3n) is 6.38. The second kappa shape index (κ2) is 12.0. The lowest BCUT2D eigenvalue weighted by molar-refractivity contribution is 0.134. The van der Waals surface area contributed by atoms with Crippen LogP contribution in [0, 0.1) is 0 Å². The van der Waals surface area contributed by atoms with Gasteiger partial charge >= 0.3 is 0 Å². The maximum atomic E-state index is 12.2. The monoisotopic (exact) mass is 476 g/mol. The van der Waals surface area contributed by atoms with E-state index in [4.69, 9.17) is 9.57 Å². The normalized spacial score (nSPS) is 19.0. The molecule has 0 atom stereocenters. The minimum atomic E-state index is -0.0254. The van der Waals surface area contributed by atoms with Crippen LogP contribution < -0.4 is 5.56 Å². The van der Waals surface area contributed by atoms with Crippen LogP contribution >= 0.6 is 0 Å². The molecular formula is C28H36N4O3. The van der Waals surface area contributed by atoms with Gasteiger partial charge in [-0.1, -0.05) is 62.4 Å². The highest BCUT2D eigenvalue weighted by Crippen LogP contribution is 2.26. The van der Waals surface area contributed by atoms with Gasteiger partial charge in [0.15, 0.2) is 5.84 Å². The molecule has 1 aromatic heterocycles. The molecule has 7 nitrogen and oxygen atoms in total. The number of nitrogens with zero attached hydrogens (tertiary/aromatic N) is 3. The average Bonchev–Trinajstić information content (AvgIpc) is 3.55. The molecule has 0 saturated carbocycles. The Kier molecular flexibility index (Phi) is 8.55. The molecule has 35 heavy (non-hydrogen) atoms. The molecule has 1 N–H and O–H groups in total. The van der Waals surface area contributed by atoms with Gasteiger partial charge in [0, 0.05) is 54.8 Å². The highest BCUT2D eigenvalue weighted by Gasteiger charge is 2.25. The van der Waals surface area contributed by atoms with Crippen molar-refractivity contribution in [2.24, 2.45) is 5.16 Å². The molecule has 0 spiro atoms. The predicted molar refractivity (Wildman–Crippen MR) is 142 cm³/mol. The quantitative estimate of drug-likeness (QED) is 0.657. The lowest BCUT2D eigenvalue weighted by Crippen LogP contribution is -2.49. The number of allylic oxidation sites excluding steroid dienone is 4. The topological polar surface area (TPSA) is 70.2 Å². The van der Waals surface area contributed by atoms with Crippen molar-refractivity contribution >= 4 is 16.7 Å². The van der Waals surface area contributed by atoms with E-state index in [1.165, 1.54) is 12.0 Å². The molecular weight excluding hydrogens is 440 g/mol. The van der Waals surface area contributed by atoms with Crippen LogP contribution in [0.1, 0.15) is 37.0 Å². The summed E-state index contributed by atoms with van der Waals surface area (Å²) in [6.45, 7) is 14.3. The largest absolute Gasteiger partial charge is 0.389 e. The number of benzene rings is 1. The molecule has 2 aromatic rings. The molecule has 0 unspecified atom stereocenters. The summed E-state index contributed by atoms with van der Waals surface area (Å²) in [4.78, 5) is 25.3. The Labute approximate surface area is 207 Å². The first-order valence-corrected chi connectivity index (χ1v) is 12.5. The van der Waals surface area contributed by atoms with Gasteiger partial charge < -0.3 is 19.5 Å². The Morgan fingerprint density at radius 3 is 2.63 bits per heavy atom. The second-order valence-electron chi connectivity index (χ2n) is 9.07. The number of rotatable bonds is 5. The number of aromatic amines is 1. The van der Waals surface area contributed by atoms with Crippen LogP contribution in [0.2, 0.25) is 0 Å². The van der Waals surface area contributed by atoms with E-state index in [0.717, 1.165) is 72.6 Å². The first-order valence-electron chi connectivity index (χ1n) is 12.5. The maximum Gasteiger partial charge on any atom is 0.254 e. The van der Waals surface area contributed by atoms with Gasteiger partial charge in [0.2, 0.25) is 0 Å². The van der Waals surface area contributed by atoms with Gasteiger partial charge in [-0.25, -0.2) is 0 Å². The Balaban J connectivity index is 0.000000917. The zero-order valence-electron chi connectivity index (χ0n) is 20.9. The van der Waals surface area contributed by atoms with Gasteiger partial charge in [0.25, 0.3) is 5.56 Å². The average molecular weight is 477 g/mol. The Hall–Kier alpha value is -3.16. The first kappa shape index (κ1) is 24.9. The smallest absolute Gasteiger partial charge is 0.254 e. The summed E-state index contributed by atoms with van der Waals surface area (Å²) in [6.07, 6.45) is 9.93. The Bertz CT molecular complexity index is 1190. The van der Waals surface area contributed by atoms with Crippen LogP contribution in [-0.2, 0) is 29.2 Å². The molecule has 3 aliphatic heterocycles. The molecule has 4 heterocycles. The van der Waals surface area contributed by atoms with Crippen LogP contribution in [0.3, 0.4) is 0 Å². The van der Waals surface area contributed by atoms with Crippen molar-refractivity contribution in [2.45, 2.75) is 39.9 Å². The number of ether oxygens (including phenoxy) is 1. The van der Waals surface area contributed by atoms with Gasteiger partial charge in [0.1, 0.15) is 6.61 Å². The number of hydrogen-bond donors (Lipinski definition) is 1. The van der Waals surface area contributed by atoms with Gasteiger partial charge in [-0.3, -0.25) is 9.69 Å². The zero-order valence-corrected chi connectivity index (χ0v) is 20.9. The molecule has 1 fully saturated rings. The van der Waals surface area contributed by atoms with E-state index in [2.05, 4.69) is 58.6 Å². The number of oxime groups is 1. The van der Waals surface area contributed by atoms with E-state index < -0.39 is 0 Å². The molecule has 0 aliphatic carbocycles. The molecule has 7 heteroatoms. The Morgan fingerprint density at radius 2 is 1.86 bits per heavy atom. The first-order chi connectivity index (χ1) is 17.1. The van der Waals surface area contributed by atoms with E-state index in [1.54, 1.807) is 6.08 Å². The van der Waals surface area contributed by atoms with Crippen LogP contribution in [-0.4, -0.2) is 60.0 Å². The van der Waals surface area contributed by atoms with Crippen LogP contribution in [0.5, 0.6) is 0 Å². The highest BCUT2D eigenvalue weighted by atomic mass is 16.6. The molecule has 186 valence electrons. The van der Waals surface area contributed by atoms with Gasteiger partial charge in [-0.2, -0.15) is 0 Å². The van der Waals surface area contributed by atoms with E-state index >= 15 is 0 Å². The maximum absolute atomic E-state index is 12.2. The van der Waals surface area contributed by atoms with E-state index in [-0.39, 0.29) is 5.56 Å². The molecule has 5 rings (SSSR count). The molecule has 0 amide bonds. The van der Waals surface area contributed by atoms with Crippen molar-refractivity contribution in [1.82, 2.24) is 14.8 Å².